The van der Waals surface area contributed by atoms with Crippen LogP contribution in [0.1, 0.15) is 241 Å². The first-order valence-electron chi connectivity index (χ1n) is 25.3. The smallest absolute Gasteiger partial charge is 0.490 e. The van der Waals surface area contributed by atoms with Crippen LogP contribution in [0.5, 0.6) is 17.2 Å². The first kappa shape index (κ1) is 51.2. The molecule has 338 valence electrons. The van der Waals surface area contributed by atoms with Gasteiger partial charge in [0.05, 0.1) is 31.0 Å². The van der Waals surface area contributed by atoms with E-state index in [0.29, 0.717) is 19.8 Å². The topological polar surface area (TPSA) is 61.9 Å². The summed E-state index contributed by atoms with van der Waals surface area (Å²) >= 11 is 0. The molecule has 6 nitrogen and oxygen atoms in total. The van der Waals surface area contributed by atoms with Crippen molar-refractivity contribution in [2.45, 2.75) is 252 Å². The molecule has 0 atom stereocenters. The van der Waals surface area contributed by atoms with Crippen LogP contribution in [-0.4, -0.2) is 43.1 Å². The van der Waals surface area contributed by atoms with E-state index in [4.69, 9.17) is 23.5 Å². The van der Waals surface area contributed by atoms with Gasteiger partial charge in [0.2, 0.25) is 5.75 Å². The van der Waals surface area contributed by atoms with Gasteiger partial charge in [-0.05, 0) is 71.2 Å². The molecule has 0 spiro atoms. The molecule has 7 heteroatoms. The highest BCUT2D eigenvalue weighted by Crippen LogP contribution is 2.42. The predicted molar refractivity (Wildman–Crippen MR) is 254 cm³/mol. The van der Waals surface area contributed by atoms with Crippen LogP contribution in [0.4, 0.5) is 0 Å². The molecule has 1 aromatic heterocycles. The maximum Gasteiger partial charge on any atom is 0.512 e. The van der Waals surface area contributed by atoms with Crippen molar-refractivity contribution in [3.63, 3.8) is 0 Å². The first-order valence-corrected chi connectivity index (χ1v) is 25.3. The summed E-state index contributed by atoms with van der Waals surface area (Å²) in [6.07, 6.45) is 39.1. The second kappa shape index (κ2) is 30.8. The Morgan fingerprint density at radius 1 is 0.441 bits per heavy atom. The molecule has 0 aliphatic carbocycles. The summed E-state index contributed by atoms with van der Waals surface area (Å²) in [4.78, 5) is 3.63. The average molecular weight is 822 g/mol. The van der Waals surface area contributed by atoms with E-state index < -0.39 is 18.3 Å². The predicted octanol–water partition coefficient (Wildman–Crippen LogP) is 15.9. The highest BCUT2D eigenvalue weighted by molar-refractivity contribution is 6.61. The molecule has 2 aromatic rings. The highest BCUT2D eigenvalue weighted by Gasteiger charge is 2.52. The fourth-order valence-corrected chi connectivity index (χ4v) is 8.08. The minimum Gasteiger partial charge on any atom is -0.490 e. The van der Waals surface area contributed by atoms with E-state index in [1.807, 2.05) is 0 Å². The van der Waals surface area contributed by atoms with Gasteiger partial charge >= 0.3 is 7.12 Å². The number of aromatic amines is 1. The largest absolute Gasteiger partial charge is 0.512 e. The quantitative estimate of drug-likeness (QED) is 0.0540. The van der Waals surface area contributed by atoms with Crippen molar-refractivity contribution in [3.05, 3.63) is 24.3 Å². The summed E-state index contributed by atoms with van der Waals surface area (Å²) < 4.78 is 32.8. The lowest BCUT2D eigenvalue weighted by Gasteiger charge is -2.32. The Kier molecular flexibility index (Phi) is 26.8. The third-order valence-corrected chi connectivity index (χ3v) is 12.8. The van der Waals surface area contributed by atoms with Gasteiger partial charge in [-0.3, -0.25) is 0 Å². The number of H-pyrrole nitrogens is 1. The molecule has 0 saturated carbocycles. The van der Waals surface area contributed by atoms with Gasteiger partial charge in [-0.15, -0.1) is 0 Å². The molecule has 1 aromatic carbocycles. The molecule has 0 radical (unpaired) electrons. The Morgan fingerprint density at radius 2 is 0.763 bits per heavy atom. The maximum atomic E-state index is 6.66. The van der Waals surface area contributed by atoms with Crippen LogP contribution < -0.4 is 19.8 Å². The van der Waals surface area contributed by atoms with Crippen molar-refractivity contribution in [3.8, 4) is 28.5 Å². The summed E-state index contributed by atoms with van der Waals surface area (Å²) in [5, 5.41) is 0. The van der Waals surface area contributed by atoms with E-state index in [9.17, 15) is 0 Å². The van der Waals surface area contributed by atoms with E-state index in [2.05, 4.69) is 77.7 Å². The summed E-state index contributed by atoms with van der Waals surface area (Å²) in [5.41, 5.74) is 2.13. The number of hydrogen-bond acceptors (Lipinski definition) is 5. The van der Waals surface area contributed by atoms with Crippen molar-refractivity contribution >= 4 is 12.7 Å². The van der Waals surface area contributed by atoms with Crippen molar-refractivity contribution in [1.29, 1.82) is 0 Å². The normalized spacial score (nSPS) is 14.7. The van der Waals surface area contributed by atoms with Gasteiger partial charge in [-0.1, -0.05) is 194 Å². The zero-order valence-electron chi connectivity index (χ0n) is 39.8. The van der Waals surface area contributed by atoms with Crippen LogP contribution in [0.25, 0.3) is 11.3 Å². The summed E-state index contributed by atoms with van der Waals surface area (Å²) in [5.74, 6) is 2.34. The molecule has 0 amide bonds. The lowest BCUT2D eigenvalue weighted by Crippen LogP contribution is -2.41. The fraction of sp³-hybridized carbons (Fsp3) is 0.808. The van der Waals surface area contributed by atoms with E-state index in [0.717, 1.165) is 53.4 Å². The van der Waals surface area contributed by atoms with E-state index >= 15 is 0 Å². The highest BCUT2D eigenvalue weighted by atomic mass is 16.7. The van der Waals surface area contributed by atoms with Crippen molar-refractivity contribution in [2.24, 2.45) is 0 Å². The van der Waals surface area contributed by atoms with Crippen LogP contribution in [-0.2, 0) is 9.31 Å². The zero-order chi connectivity index (χ0) is 42.4. The number of ether oxygens (including phenoxy) is 3. The molecule has 1 N–H and O–H groups in total. The fourth-order valence-electron chi connectivity index (χ4n) is 8.08. The number of unbranched alkanes of at least 4 members (excludes halogenated alkanes) is 27. The van der Waals surface area contributed by atoms with Gasteiger partial charge in [0, 0.05) is 16.9 Å². The molecular formula is C52H92BNO5. The maximum absolute atomic E-state index is 6.66. The Balaban J connectivity index is 1.69. The standard InChI is InChI=1S/C52H92BNO5/c1-8-11-14-17-20-23-26-29-32-35-40-55-47-43-45(46-38-39-49(54-46)53-58-51(4,5)52(6,7)59-53)44-48(56-41-36-33-30-27-24-21-18-15-12-9-2)50(47)57-42-37-34-31-28-25-22-19-16-13-10-3/h38-39,43-44,54H,8-37,40-42H2,1-7H3. The number of aromatic nitrogens is 1. The van der Waals surface area contributed by atoms with E-state index in [1.54, 1.807) is 0 Å². The Hall–Kier alpha value is -2.12. The van der Waals surface area contributed by atoms with Crippen LogP contribution in [0.15, 0.2) is 24.3 Å². The number of nitrogens with one attached hydrogen (secondary N) is 1. The molecule has 59 heavy (non-hydrogen) atoms. The Bertz CT molecular complexity index is 1260. The van der Waals surface area contributed by atoms with Gasteiger partial charge in [-0.25, -0.2) is 0 Å². The van der Waals surface area contributed by atoms with Gasteiger partial charge in [-0.2, -0.15) is 0 Å². The minimum absolute atomic E-state index is 0.401. The Labute approximate surface area is 364 Å². The van der Waals surface area contributed by atoms with E-state index in [1.165, 1.54) is 173 Å². The molecule has 0 bridgehead atoms. The SMILES string of the molecule is CCCCCCCCCCCCOc1cc(-c2ccc(B3OC(C)(C)C(C)(C)O3)[nH]2)cc(OCCCCCCCCCCCC)c1OCCCCCCCCCCCC. The van der Waals surface area contributed by atoms with Crippen LogP contribution in [0.3, 0.4) is 0 Å². The zero-order valence-corrected chi connectivity index (χ0v) is 39.8. The Morgan fingerprint density at radius 3 is 1.12 bits per heavy atom. The lowest BCUT2D eigenvalue weighted by molar-refractivity contribution is 0.00578. The molecular weight excluding hydrogens is 729 g/mol. The van der Waals surface area contributed by atoms with Crippen molar-refractivity contribution in [2.75, 3.05) is 19.8 Å². The molecule has 1 saturated heterocycles. The number of hydrogen-bond donors (Lipinski definition) is 1. The van der Waals surface area contributed by atoms with Crippen LogP contribution in [0.2, 0.25) is 0 Å². The number of benzene rings is 1. The summed E-state index contributed by atoms with van der Waals surface area (Å²) in [6.45, 7) is 17.3. The molecule has 1 aliphatic rings. The van der Waals surface area contributed by atoms with E-state index in [-0.39, 0.29) is 0 Å². The minimum atomic E-state index is -0.448. The molecule has 1 aliphatic heterocycles. The molecule has 2 heterocycles. The number of rotatable bonds is 38. The monoisotopic (exact) mass is 822 g/mol. The third-order valence-electron chi connectivity index (χ3n) is 12.8. The van der Waals surface area contributed by atoms with Crippen LogP contribution in [0, 0.1) is 0 Å². The first-order chi connectivity index (χ1) is 28.7. The third kappa shape index (κ3) is 20.5. The summed E-state index contributed by atoms with van der Waals surface area (Å²) in [6, 6.07) is 8.51. The van der Waals surface area contributed by atoms with Gasteiger partial charge in [0.15, 0.2) is 11.5 Å². The molecule has 0 unspecified atom stereocenters. The van der Waals surface area contributed by atoms with Gasteiger partial charge in [0.1, 0.15) is 0 Å². The molecule has 1 fully saturated rings. The van der Waals surface area contributed by atoms with Crippen molar-refractivity contribution in [1.82, 2.24) is 4.98 Å². The van der Waals surface area contributed by atoms with Crippen LogP contribution >= 0.6 is 0 Å². The second-order valence-electron chi connectivity index (χ2n) is 18.8. The van der Waals surface area contributed by atoms with Gasteiger partial charge in [0.25, 0.3) is 0 Å². The van der Waals surface area contributed by atoms with Crippen molar-refractivity contribution < 1.29 is 23.5 Å². The molecule has 3 rings (SSSR count). The lowest BCUT2D eigenvalue weighted by atomic mass is 9.85. The summed E-state index contributed by atoms with van der Waals surface area (Å²) in [7, 11) is -0.448. The van der Waals surface area contributed by atoms with Gasteiger partial charge < -0.3 is 28.5 Å². The average Bonchev–Trinajstić information content (AvgIpc) is 3.80. The second-order valence-corrected chi connectivity index (χ2v) is 18.8.